The predicted octanol–water partition coefficient (Wildman–Crippen LogP) is 2.42. The smallest absolute Gasteiger partial charge is 0.328 e. The first-order valence-corrected chi connectivity index (χ1v) is 8.44. The van der Waals surface area contributed by atoms with Crippen LogP contribution >= 0.6 is 0 Å². The maximum absolute atomic E-state index is 10.7. The zero-order valence-electron chi connectivity index (χ0n) is 14.0. The molecule has 1 aliphatic heterocycles. The lowest BCUT2D eigenvalue weighted by Crippen LogP contribution is -2.36. The second-order valence-corrected chi connectivity index (χ2v) is 6.23. The molecule has 0 bridgehead atoms. The first kappa shape index (κ1) is 17.1. The summed E-state index contributed by atoms with van der Waals surface area (Å²) >= 11 is 0. The van der Waals surface area contributed by atoms with Crippen LogP contribution in [0, 0.1) is 5.92 Å². The van der Waals surface area contributed by atoms with E-state index >= 15 is 0 Å². The number of nitrogens with two attached hydrogens (primary N) is 1. The fraction of sp³-hybridized carbons (Fsp3) is 0.316. The molecule has 0 aliphatic carbocycles. The fourth-order valence-corrected chi connectivity index (χ4v) is 3.01. The number of benzene rings is 1. The third-order valence-corrected chi connectivity index (χ3v) is 4.49. The molecule has 0 saturated carbocycles. The van der Waals surface area contributed by atoms with Crippen LogP contribution in [0.25, 0.3) is 17.3 Å². The second kappa shape index (κ2) is 7.90. The number of hydrogen-bond acceptors (Lipinski definition) is 5. The maximum atomic E-state index is 10.7. The van der Waals surface area contributed by atoms with E-state index in [1.165, 1.54) is 0 Å². The van der Waals surface area contributed by atoms with Gasteiger partial charge in [-0.2, -0.15) is 0 Å². The zero-order chi connectivity index (χ0) is 17.6. The largest absolute Gasteiger partial charge is 0.478 e. The number of hydrogen-bond donors (Lipinski definition) is 2. The highest BCUT2D eigenvalue weighted by atomic mass is 16.4. The summed E-state index contributed by atoms with van der Waals surface area (Å²) in [4.78, 5) is 22.0. The van der Waals surface area contributed by atoms with Gasteiger partial charge < -0.3 is 15.7 Å². The Morgan fingerprint density at radius 3 is 2.84 bits per heavy atom. The van der Waals surface area contributed by atoms with Gasteiger partial charge in [-0.1, -0.05) is 18.2 Å². The predicted molar refractivity (Wildman–Crippen MR) is 98.1 cm³/mol. The van der Waals surface area contributed by atoms with Gasteiger partial charge in [-0.05, 0) is 43.0 Å². The van der Waals surface area contributed by atoms with Crippen LogP contribution in [-0.2, 0) is 4.79 Å². The van der Waals surface area contributed by atoms with Gasteiger partial charge in [0, 0.05) is 24.7 Å². The summed E-state index contributed by atoms with van der Waals surface area (Å²) in [6.07, 6.45) is 8.38. The molecule has 1 saturated heterocycles. The average Bonchev–Trinajstić information content (AvgIpc) is 2.67. The van der Waals surface area contributed by atoms with Gasteiger partial charge in [0.2, 0.25) is 0 Å². The van der Waals surface area contributed by atoms with Crippen LogP contribution in [0.3, 0.4) is 0 Å². The topological polar surface area (TPSA) is 92.3 Å². The SMILES string of the molecule is NCC1CCN(c2cncc(-c3cccc(/C=C/C(=O)O)c3)n2)CC1. The number of carbonyl (C=O) groups is 1. The van der Waals surface area contributed by atoms with Crippen LogP contribution in [0.15, 0.2) is 42.7 Å². The molecule has 2 heterocycles. The number of aliphatic carboxylic acids is 1. The molecule has 0 amide bonds. The molecule has 3 N–H and O–H groups in total. The second-order valence-electron chi connectivity index (χ2n) is 6.23. The van der Waals surface area contributed by atoms with Gasteiger partial charge in [0.1, 0.15) is 5.82 Å². The minimum Gasteiger partial charge on any atom is -0.478 e. The Labute approximate surface area is 147 Å². The van der Waals surface area contributed by atoms with E-state index in [1.54, 1.807) is 18.5 Å². The van der Waals surface area contributed by atoms with Crippen LogP contribution < -0.4 is 10.6 Å². The molecule has 1 aromatic carbocycles. The van der Waals surface area contributed by atoms with Crippen molar-refractivity contribution >= 4 is 17.9 Å². The van der Waals surface area contributed by atoms with E-state index in [2.05, 4.69) is 9.88 Å². The van der Waals surface area contributed by atoms with E-state index in [0.29, 0.717) is 5.92 Å². The quantitative estimate of drug-likeness (QED) is 0.814. The number of rotatable bonds is 5. The average molecular weight is 338 g/mol. The van der Waals surface area contributed by atoms with Crippen molar-refractivity contribution in [2.75, 3.05) is 24.5 Å². The van der Waals surface area contributed by atoms with Gasteiger partial charge in [-0.3, -0.25) is 4.98 Å². The molecule has 0 radical (unpaired) electrons. The molecule has 3 rings (SSSR count). The van der Waals surface area contributed by atoms with Crippen LogP contribution in [0.5, 0.6) is 0 Å². The molecular weight excluding hydrogens is 316 g/mol. The summed E-state index contributed by atoms with van der Waals surface area (Å²) in [6.45, 7) is 2.64. The van der Waals surface area contributed by atoms with E-state index in [-0.39, 0.29) is 0 Å². The Kier molecular flexibility index (Phi) is 5.40. The Balaban J connectivity index is 1.80. The first-order chi connectivity index (χ1) is 12.2. The Bertz CT molecular complexity index is 768. The first-order valence-electron chi connectivity index (χ1n) is 8.44. The van der Waals surface area contributed by atoms with Crippen LogP contribution in [0.4, 0.5) is 5.82 Å². The molecule has 0 unspecified atom stereocenters. The number of aromatic nitrogens is 2. The fourth-order valence-electron chi connectivity index (χ4n) is 3.01. The summed E-state index contributed by atoms with van der Waals surface area (Å²) in [5.41, 5.74) is 8.27. The highest BCUT2D eigenvalue weighted by Gasteiger charge is 2.19. The number of anilines is 1. The Morgan fingerprint density at radius 1 is 1.32 bits per heavy atom. The monoisotopic (exact) mass is 338 g/mol. The molecule has 25 heavy (non-hydrogen) atoms. The van der Waals surface area contributed by atoms with E-state index in [1.807, 2.05) is 24.3 Å². The van der Waals surface area contributed by atoms with E-state index < -0.39 is 5.97 Å². The van der Waals surface area contributed by atoms with Crippen molar-refractivity contribution in [2.45, 2.75) is 12.8 Å². The van der Waals surface area contributed by atoms with Crippen molar-refractivity contribution in [3.05, 3.63) is 48.3 Å². The third-order valence-electron chi connectivity index (χ3n) is 4.49. The Hall–Kier alpha value is -2.73. The van der Waals surface area contributed by atoms with Gasteiger partial charge in [0.25, 0.3) is 0 Å². The van der Waals surface area contributed by atoms with Crippen molar-refractivity contribution in [3.63, 3.8) is 0 Å². The molecule has 1 fully saturated rings. The van der Waals surface area contributed by atoms with Crippen molar-refractivity contribution in [2.24, 2.45) is 11.7 Å². The summed E-state index contributed by atoms with van der Waals surface area (Å²) in [5, 5.41) is 8.76. The van der Waals surface area contributed by atoms with E-state index in [0.717, 1.165) is 61.2 Å². The van der Waals surface area contributed by atoms with Crippen molar-refractivity contribution < 1.29 is 9.90 Å². The number of piperidine rings is 1. The summed E-state index contributed by atoms with van der Waals surface area (Å²) in [5.74, 6) is 0.512. The zero-order valence-corrected chi connectivity index (χ0v) is 14.0. The van der Waals surface area contributed by atoms with E-state index in [9.17, 15) is 4.79 Å². The molecular formula is C19H22N4O2. The molecule has 0 atom stereocenters. The molecule has 1 aromatic heterocycles. The third kappa shape index (κ3) is 4.42. The number of carboxylic acids is 1. The lowest BCUT2D eigenvalue weighted by atomic mass is 9.97. The van der Waals surface area contributed by atoms with E-state index in [4.69, 9.17) is 15.8 Å². The Morgan fingerprint density at radius 2 is 2.12 bits per heavy atom. The lowest BCUT2D eigenvalue weighted by Gasteiger charge is -2.32. The summed E-state index contributed by atoms with van der Waals surface area (Å²) in [7, 11) is 0. The molecule has 2 aromatic rings. The minimum atomic E-state index is -0.965. The van der Waals surface area contributed by atoms with Gasteiger partial charge in [0.15, 0.2) is 0 Å². The molecule has 6 heteroatoms. The molecule has 0 spiro atoms. The van der Waals surface area contributed by atoms with Gasteiger partial charge in [-0.15, -0.1) is 0 Å². The maximum Gasteiger partial charge on any atom is 0.328 e. The molecule has 6 nitrogen and oxygen atoms in total. The molecule has 130 valence electrons. The van der Waals surface area contributed by atoms with Crippen LogP contribution in [0.1, 0.15) is 18.4 Å². The van der Waals surface area contributed by atoms with Gasteiger partial charge in [-0.25, -0.2) is 9.78 Å². The summed E-state index contributed by atoms with van der Waals surface area (Å²) in [6, 6.07) is 7.61. The van der Waals surface area contributed by atoms with Crippen LogP contribution in [0.2, 0.25) is 0 Å². The number of carboxylic acid groups (broad SMARTS) is 1. The highest BCUT2D eigenvalue weighted by Crippen LogP contribution is 2.24. The van der Waals surface area contributed by atoms with Crippen LogP contribution in [-0.4, -0.2) is 40.7 Å². The summed E-state index contributed by atoms with van der Waals surface area (Å²) < 4.78 is 0. The van der Waals surface area contributed by atoms with Gasteiger partial charge >= 0.3 is 5.97 Å². The van der Waals surface area contributed by atoms with Crippen molar-refractivity contribution in [1.29, 1.82) is 0 Å². The minimum absolute atomic E-state index is 0.602. The van der Waals surface area contributed by atoms with Crippen molar-refractivity contribution in [1.82, 2.24) is 9.97 Å². The normalized spacial score (nSPS) is 15.6. The van der Waals surface area contributed by atoms with Gasteiger partial charge in [0.05, 0.1) is 18.1 Å². The highest BCUT2D eigenvalue weighted by molar-refractivity contribution is 5.85. The lowest BCUT2D eigenvalue weighted by molar-refractivity contribution is -0.131. The number of nitrogens with zero attached hydrogens (tertiary/aromatic N) is 3. The standard InChI is InChI=1S/C19H22N4O2/c20-11-15-6-8-23(9-7-15)18-13-21-12-17(22-18)16-3-1-2-14(10-16)4-5-19(24)25/h1-5,10,12-13,15H,6-9,11,20H2,(H,24,25)/b5-4+. The van der Waals surface area contributed by atoms with Crippen molar-refractivity contribution in [3.8, 4) is 11.3 Å². The molecule has 1 aliphatic rings.